The van der Waals surface area contributed by atoms with E-state index in [1.807, 2.05) is 38.7 Å². The van der Waals surface area contributed by atoms with Crippen molar-refractivity contribution >= 4 is 40.8 Å². The fourth-order valence-corrected chi connectivity index (χ4v) is 4.91. The minimum atomic E-state index is 0.150. The molecule has 1 aliphatic rings. The first-order chi connectivity index (χ1) is 13.1. The van der Waals surface area contributed by atoms with Crippen LogP contribution in [0.15, 0.2) is 35.0 Å². The zero-order valence-electron chi connectivity index (χ0n) is 15.1. The van der Waals surface area contributed by atoms with E-state index in [1.54, 1.807) is 11.3 Å². The number of carbonyl (C=O) groups is 1. The molecule has 1 saturated heterocycles. The molecule has 1 fully saturated rings. The minimum Gasteiger partial charge on any atom is -0.327 e. The van der Waals surface area contributed by atoms with Crippen LogP contribution in [0.5, 0.6) is 0 Å². The van der Waals surface area contributed by atoms with E-state index in [-0.39, 0.29) is 5.91 Å². The van der Waals surface area contributed by atoms with Crippen LogP contribution < -0.4 is 4.90 Å². The Morgan fingerprint density at radius 2 is 1.96 bits per heavy atom. The number of aromatic nitrogens is 3. The van der Waals surface area contributed by atoms with Crippen LogP contribution in [0.3, 0.4) is 0 Å². The number of carbonyl (C=O) groups excluding carboxylic acids is 1. The molecule has 0 atom stereocenters. The van der Waals surface area contributed by atoms with Crippen LogP contribution in [0.25, 0.3) is 0 Å². The van der Waals surface area contributed by atoms with Crippen molar-refractivity contribution in [3.63, 3.8) is 0 Å². The molecule has 3 aromatic rings. The monoisotopic (exact) mass is 420 g/mol. The Bertz CT molecular complexity index is 950. The van der Waals surface area contributed by atoms with E-state index < -0.39 is 0 Å². The van der Waals surface area contributed by atoms with E-state index in [2.05, 4.69) is 17.5 Å². The van der Waals surface area contributed by atoms with Gasteiger partial charge in [-0.3, -0.25) is 4.79 Å². The van der Waals surface area contributed by atoms with Gasteiger partial charge in [-0.1, -0.05) is 12.1 Å². The second kappa shape index (κ2) is 8.05. The van der Waals surface area contributed by atoms with Gasteiger partial charge in [0.15, 0.2) is 6.67 Å². The van der Waals surface area contributed by atoms with Crippen molar-refractivity contribution in [2.75, 3.05) is 26.2 Å². The summed E-state index contributed by atoms with van der Waals surface area (Å²) in [6.45, 7) is 4.12. The minimum absolute atomic E-state index is 0.150. The largest absolute Gasteiger partial charge is 0.327 e. The Kier molecular flexibility index (Phi) is 5.53. The number of quaternary nitrogens is 1. The smallest absolute Gasteiger partial charge is 0.264 e. The number of hydrogen-bond donors (Lipinski definition) is 1. The molecule has 0 unspecified atom stereocenters. The lowest BCUT2D eigenvalue weighted by molar-refractivity contribution is -0.927. The summed E-state index contributed by atoms with van der Waals surface area (Å²) in [6, 6.07) is 8.01. The molecule has 0 aliphatic carbocycles. The molecule has 1 N–H and O–H groups in total. The summed E-state index contributed by atoms with van der Waals surface area (Å²) in [4.78, 5) is 17.9. The third-order valence-corrected chi connectivity index (χ3v) is 7.13. The highest BCUT2D eigenvalue weighted by atomic mass is 32.1. The fraction of sp³-hybridized carbons (Fsp3) is 0.389. The molecule has 27 heavy (non-hydrogen) atoms. The molecule has 0 radical (unpaired) electrons. The summed E-state index contributed by atoms with van der Waals surface area (Å²) in [5.74, 6) is 1.14. The van der Waals surface area contributed by atoms with Crippen LogP contribution >= 0.6 is 34.9 Å². The third-order valence-electron chi connectivity index (χ3n) is 4.91. The molecule has 142 valence electrons. The highest BCUT2D eigenvalue weighted by Gasteiger charge is 2.25. The first-order valence-electron chi connectivity index (χ1n) is 8.93. The molecule has 0 aromatic carbocycles. The van der Waals surface area contributed by atoms with Crippen molar-refractivity contribution in [2.45, 2.75) is 13.1 Å². The summed E-state index contributed by atoms with van der Waals surface area (Å²) in [5.41, 5.74) is 0. The zero-order chi connectivity index (χ0) is 18.8. The van der Waals surface area contributed by atoms with Gasteiger partial charge in [0.05, 0.1) is 31.1 Å². The maximum absolute atomic E-state index is 12.5. The zero-order valence-corrected chi connectivity index (χ0v) is 17.6. The lowest BCUT2D eigenvalue weighted by Crippen LogP contribution is -3.14. The van der Waals surface area contributed by atoms with Gasteiger partial charge in [-0.2, -0.15) is 9.78 Å². The van der Waals surface area contributed by atoms with Crippen LogP contribution in [0.2, 0.25) is 0 Å². The van der Waals surface area contributed by atoms with Crippen LogP contribution in [0, 0.1) is 4.77 Å². The molecule has 6 nitrogen and oxygen atoms in total. The van der Waals surface area contributed by atoms with E-state index in [0.717, 1.165) is 54.7 Å². The van der Waals surface area contributed by atoms with Crippen LogP contribution in [0.4, 0.5) is 0 Å². The maximum atomic E-state index is 12.5. The Morgan fingerprint density at radius 1 is 1.22 bits per heavy atom. The molecule has 4 rings (SSSR count). The highest BCUT2D eigenvalue weighted by Crippen LogP contribution is 2.14. The normalized spacial score (nSPS) is 15.4. The number of amides is 1. The second-order valence-electron chi connectivity index (χ2n) is 6.69. The number of rotatable bonds is 5. The lowest BCUT2D eigenvalue weighted by Gasteiger charge is -2.31. The molecule has 0 bridgehead atoms. The summed E-state index contributed by atoms with van der Waals surface area (Å²) in [5, 5.41) is 8.79. The first-order valence-corrected chi connectivity index (χ1v) is 11.1. The molecule has 9 heteroatoms. The van der Waals surface area contributed by atoms with Gasteiger partial charge >= 0.3 is 0 Å². The van der Waals surface area contributed by atoms with Gasteiger partial charge in [-0.05, 0) is 35.1 Å². The summed E-state index contributed by atoms with van der Waals surface area (Å²) >= 11 is 8.84. The number of thiophene rings is 2. The quantitative estimate of drug-likeness (QED) is 0.639. The molecule has 4 heterocycles. The Balaban J connectivity index is 1.38. The van der Waals surface area contributed by atoms with Gasteiger partial charge in [0.2, 0.25) is 4.77 Å². The summed E-state index contributed by atoms with van der Waals surface area (Å²) in [6.07, 6.45) is 0.809. The summed E-state index contributed by atoms with van der Waals surface area (Å²) < 4.78 is 4.70. The van der Waals surface area contributed by atoms with Gasteiger partial charge in [0.25, 0.3) is 5.91 Å². The van der Waals surface area contributed by atoms with Crippen molar-refractivity contribution in [2.24, 2.45) is 7.05 Å². The van der Waals surface area contributed by atoms with Crippen LogP contribution in [-0.2, 0) is 20.1 Å². The molecular weight excluding hydrogens is 398 g/mol. The van der Waals surface area contributed by atoms with E-state index >= 15 is 0 Å². The second-order valence-corrected chi connectivity index (χ2v) is 9.04. The van der Waals surface area contributed by atoms with Crippen LogP contribution in [-0.4, -0.2) is 51.3 Å². The van der Waals surface area contributed by atoms with Crippen molar-refractivity contribution in [3.05, 3.63) is 55.4 Å². The highest BCUT2D eigenvalue weighted by molar-refractivity contribution is 7.71. The Hall–Kier alpha value is -1.81. The van der Waals surface area contributed by atoms with Gasteiger partial charge < -0.3 is 14.4 Å². The van der Waals surface area contributed by atoms with E-state index in [4.69, 9.17) is 17.3 Å². The van der Waals surface area contributed by atoms with Crippen molar-refractivity contribution in [1.82, 2.24) is 19.2 Å². The molecular formula is C18H22N5OS3+. The van der Waals surface area contributed by atoms with Gasteiger partial charge in [-0.25, -0.2) is 0 Å². The Labute approximate surface area is 171 Å². The van der Waals surface area contributed by atoms with Crippen molar-refractivity contribution in [3.8, 4) is 0 Å². The maximum Gasteiger partial charge on any atom is 0.264 e. The molecule has 1 amide bonds. The van der Waals surface area contributed by atoms with Gasteiger partial charge in [-0.15, -0.1) is 22.7 Å². The average molecular weight is 421 g/mol. The number of piperazine rings is 1. The van der Waals surface area contributed by atoms with Gasteiger partial charge in [0.1, 0.15) is 5.82 Å². The molecule has 0 spiro atoms. The van der Waals surface area contributed by atoms with E-state index in [1.165, 1.54) is 21.1 Å². The van der Waals surface area contributed by atoms with Gasteiger partial charge in [0, 0.05) is 18.3 Å². The predicted molar refractivity (Wildman–Crippen MR) is 110 cm³/mol. The SMILES string of the molecule is Cn1c(Cc2cccs2)nn(C[NH+]2CCN(C(=O)c3cccs3)CC2)c1=S. The fourth-order valence-electron chi connectivity index (χ4n) is 3.31. The Morgan fingerprint density at radius 3 is 2.63 bits per heavy atom. The predicted octanol–water partition coefficient (Wildman–Crippen LogP) is 1.66. The number of hydrogen-bond acceptors (Lipinski definition) is 5. The van der Waals surface area contributed by atoms with Crippen LogP contribution in [0.1, 0.15) is 20.4 Å². The van der Waals surface area contributed by atoms with Crippen molar-refractivity contribution in [1.29, 1.82) is 0 Å². The standard InChI is InChI=1S/C18H21N5OS3/c1-20-16(12-14-4-2-10-26-14)19-23(18(20)25)13-21-6-8-22(9-7-21)17(24)15-5-3-11-27-15/h2-5,10-11H,6-9,12-13H2,1H3/p+1. The number of nitrogens with zero attached hydrogens (tertiary/aromatic N) is 4. The lowest BCUT2D eigenvalue weighted by atomic mass is 10.3. The molecule has 3 aromatic heterocycles. The van der Waals surface area contributed by atoms with Crippen molar-refractivity contribution < 1.29 is 9.69 Å². The number of nitrogens with one attached hydrogen (secondary N) is 1. The van der Waals surface area contributed by atoms with E-state index in [9.17, 15) is 4.79 Å². The summed E-state index contributed by atoms with van der Waals surface area (Å²) in [7, 11) is 1.99. The molecule has 0 saturated carbocycles. The molecule has 1 aliphatic heterocycles. The topological polar surface area (TPSA) is 47.5 Å². The third kappa shape index (κ3) is 4.06. The van der Waals surface area contributed by atoms with E-state index in [0.29, 0.717) is 0 Å². The first kappa shape index (κ1) is 18.5. The average Bonchev–Trinajstić information content (AvgIpc) is 3.43.